The number of carbonyl (C=O) groups excluding carboxylic acids is 1. The molecule has 0 atom stereocenters. The molecule has 4 nitrogen and oxygen atoms in total. The lowest BCUT2D eigenvalue weighted by molar-refractivity contribution is 0.0729. The van der Waals surface area contributed by atoms with Crippen LogP contribution in [-0.2, 0) is 6.54 Å². The van der Waals surface area contributed by atoms with Gasteiger partial charge in [-0.25, -0.2) is 4.39 Å². The number of halogens is 2. The maximum atomic E-state index is 13.9. The second-order valence-electron chi connectivity index (χ2n) is 4.31. The Kier molecular flexibility index (Phi) is 5.12. The summed E-state index contributed by atoms with van der Waals surface area (Å²) in [7, 11) is 0. The first-order valence-corrected chi connectivity index (χ1v) is 7.05. The summed E-state index contributed by atoms with van der Waals surface area (Å²) in [5.74, 6) is -0.504. The summed E-state index contributed by atoms with van der Waals surface area (Å²) in [5, 5.41) is 8.71. The molecule has 0 unspecified atom stereocenters. The monoisotopic (exact) mass is 350 g/mol. The Bertz CT molecular complexity index is 645. The number of nitriles is 1. The van der Waals surface area contributed by atoms with E-state index in [-0.39, 0.29) is 25.1 Å². The molecule has 0 aliphatic heterocycles. The van der Waals surface area contributed by atoms with Gasteiger partial charge in [-0.05, 0) is 40.2 Å². The van der Waals surface area contributed by atoms with E-state index in [4.69, 9.17) is 9.68 Å². The lowest BCUT2D eigenvalue weighted by atomic mass is 10.1. The number of hydrogen-bond acceptors (Lipinski definition) is 3. The zero-order chi connectivity index (χ0) is 15.2. The van der Waals surface area contributed by atoms with Gasteiger partial charge in [0.25, 0.3) is 5.91 Å². The Morgan fingerprint density at radius 3 is 2.81 bits per heavy atom. The molecule has 6 heteroatoms. The standard InChI is InChI=1S/C15H12BrFN2O2/c16-12-5-1-6-13(17)14(12)15(20)19(8-3-7-18)10-11-4-2-9-21-11/h1-2,4-6,9H,3,8,10H2. The summed E-state index contributed by atoms with van der Waals surface area (Å²) in [6.07, 6.45) is 1.67. The van der Waals surface area contributed by atoms with Crippen LogP contribution >= 0.6 is 15.9 Å². The van der Waals surface area contributed by atoms with Gasteiger partial charge in [0.05, 0.1) is 30.9 Å². The molecule has 0 aliphatic carbocycles. The second-order valence-corrected chi connectivity index (χ2v) is 5.17. The van der Waals surface area contributed by atoms with Crippen molar-refractivity contribution in [3.05, 3.63) is 58.2 Å². The SMILES string of the molecule is N#CCCN(Cc1ccco1)C(=O)c1c(F)cccc1Br. The highest BCUT2D eigenvalue weighted by Crippen LogP contribution is 2.22. The molecule has 0 saturated heterocycles. The van der Waals surface area contributed by atoms with Crippen molar-refractivity contribution >= 4 is 21.8 Å². The molecule has 108 valence electrons. The zero-order valence-electron chi connectivity index (χ0n) is 11.1. The summed E-state index contributed by atoms with van der Waals surface area (Å²) in [4.78, 5) is 13.9. The number of furan rings is 1. The van der Waals surface area contributed by atoms with Crippen molar-refractivity contribution in [2.45, 2.75) is 13.0 Å². The van der Waals surface area contributed by atoms with E-state index in [9.17, 15) is 9.18 Å². The van der Waals surface area contributed by atoms with Crippen LogP contribution in [0.15, 0.2) is 45.5 Å². The molecule has 0 saturated carbocycles. The van der Waals surface area contributed by atoms with Gasteiger partial charge in [-0.2, -0.15) is 5.26 Å². The molecule has 1 amide bonds. The molecule has 2 rings (SSSR count). The maximum Gasteiger partial charge on any atom is 0.258 e. The van der Waals surface area contributed by atoms with Crippen LogP contribution in [0, 0.1) is 17.1 Å². The van der Waals surface area contributed by atoms with E-state index in [1.54, 1.807) is 18.2 Å². The van der Waals surface area contributed by atoms with Crippen molar-refractivity contribution in [3.8, 4) is 6.07 Å². The molecular weight excluding hydrogens is 339 g/mol. The van der Waals surface area contributed by atoms with E-state index in [1.165, 1.54) is 23.3 Å². The van der Waals surface area contributed by atoms with Gasteiger partial charge in [-0.3, -0.25) is 4.79 Å². The molecule has 0 spiro atoms. The van der Waals surface area contributed by atoms with E-state index in [0.29, 0.717) is 10.2 Å². The van der Waals surface area contributed by atoms with Gasteiger partial charge in [0, 0.05) is 11.0 Å². The Hall–Kier alpha value is -2.13. The van der Waals surface area contributed by atoms with Gasteiger partial charge >= 0.3 is 0 Å². The van der Waals surface area contributed by atoms with E-state index < -0.39 is 11.7 Å². The molecule has 0 bridgehead atoms. The minimum atomic E-state index is -0.601. The van der Waals surface area contributed by atoms with Gasteiger partial charge in [0.15, 0.2) is 0 Å². The summed E-state index contributed by atoms with van der Waals surface area (Å²) in [5.41, 5.74) is -0.0398. The fraction of sp³-hybridized carbons (Fsp3) is 0.200. The van der Waals surface area contributed by atoms with Gasteiger partial charge in [-0.1, -0.05) is 6.07 Å². The van der Waals surface area contributed by atoms with Crippen molar-refractivity contribution in [2.24, 2.45) is 0 Å². The van der Waals surface area contributed by atoms with Gasteiger partial charge in [0.2, 0.25) is 0 Å². The molecule has 0 N–H and O–H groups in total. The van der Waals surface area contributed by atoms with E-state index in [2.05, 4.69) is 15.9 Å². The molecule has 1 aromatic heterocycles. The van der Waals surface area contributed by atoms with Crippen LogP contribution < -0.4 is 0 Å². The fourth-order valence-electron chi connectivity index (χ4n) is 1.89. The van der Waals surface area contributed by atoms with Crippen LogP contribution in [0.25, 0.3) is 0 Å². The third-order valence-corrected chi connectivity index (χ3v) is 3.54. The summed E-state index contributed by atoms with van der Waals surface area (Å²) in [6.45, 7) is 0.394. The van der Waals surface area contributed by atoms with Crippen LogP contribution in [-0.4, -0.2) is 17.4 Å². The molecule has 21 heavy (non-hydrogen) atoms. The van der Waals surface area contributed by atoms with E-state index >= 15 is 0 Å². The number of nitrogens with zero attached hydrogens (tertiary/aromatic N) is 2. The fourth-order valence-corrected chi connectivity index (χ4v) is 2.40. The number of carbonyl (C=O) groups is 1. The lowest BCUT2D eigenvalue weighted by Crippen LogP contribution is -2.32. The molecular formula is C15H12BrFN2O2. The van der Waals surface area contributed by atoms with E-state index in [0.717, 1.165) is 0 Å². The second kappa shape index (κ2) is 7.04. The molecule has 0 radical (unpaired) electrons. The number of rotatable bonds is 5. The smallest absolute Gasteiger partial charge is 0.258 e. The molecule has 0 fully saturated rings. The summed E-state index contributed by atoms with van der Waals surface area (Å²) < 4.78 is 19.5. The van der Waals surface area contributed by atoms with Gasteiger partial charge in [0.1, 0.15) is 11.6 Å². The van der Waals surface area contributed by atoms with Crippen LogP contribution in [0.1, 0.15) is 22.5 Å². The van der Waals surface area contributed by atoms with Crippen molar-refractivity contribution in [1.82, 2.24) is 4.90 Å². The van der Waals surface area contributed by atoms with Gasteiger partial charge in [-0.15, -0.1) is 0 Å². The molecule has 1 heterocycles. The normalized spacial score (nSPS) is 10.1. The first kappa shape index (κ1) is 15.3. The number of hydrogen-bond donors (Lipinski definition) is 0. The van der Waals surface area contributed by atoms with Crippen molar-refractivity contribution < 1.29 is 13.6 Å². The predicted molar refractivity (Wildman–Crippen MR) is 77.8 cm³/mol. The first-order valence-electron chi connectivity index (χ1n) is 6.26. The van der Waals surface area contributed by atoms with Crippen LogP contribution in [0.4, 0.5) is 4.39 Å². The van der Waals surface area contributed by atoms with Crippen molar-refractivity contribution in [2.75, 3.05) is 6.54 Å². The summed E-state index contributed by atoms with van der Waals surface area (Å²) in [6, 6.07) is 9.77. The molecule has 1 aromatic carbocycles. The van der Waals surface area contributed by atoms with Crippen LogP contribution in [0.3, 0.4) is 0 Å². The Balaban J connectivity index is 2.27. The highest BCUT2D eigenvalue weighted by Gasteiger charge is 2.22. The quantitative estimate of drug-likeness (QED) is 0.825. The largest absolute Gasteiger partial charge is 0.467 e. The minimum absolute atomic E-state index is 0.0398. The summed E-state index contributed by atoms with van der Waals surface area (Å²) >= 11 is 3.19. The average Bonchev–Trinajstić information content (AvgIpc) is 2.96. The minimum Gasteiger partial charge on any atom is -0.467 e. The highest BCUT2D eigenvalue weighted by atomic mass is 79.9. The van der Waals surface area contributed by atoms with Crippen LogP contribution in [0.5, 0.6) is 0 Å². The third-order valence-electron chi connectivity index (χ3n) is 2.88. The van der Waals surface area contributed by atoms with E-state index in [1.807, 2.05) is 6.07 Å². The predicted octanol–water partition coefficient (Wildman–Crippen LogP) is 3.74. The van der Waals surface area contributed by atoms with Crippen LogP contribution in [0.2, 0.25) is 0 Å². The number of amides is 1. The third kappa shape index (κ3) is 3.70. The van der Waals surface area contributed by atoms with Gasteiger partial charge < -0.3 is 9.32 Å². The first-order chi connectivity index (χ1) is 10.1. The Morgan fingerprint density at radius 1 is 1.38 bits per heavy atom. The lowest BCUT2D eigenvalue weighted by Gasteiger charge is -2.21. The zero-order valence-corrected chi connectivity index (χ0v) is 12.6. The maximum absolute atomic E-state index is 13.9. The number of benzene rings is 1. The van der Waals surface area contributed by atoms with Crippen molar-refractivity contribution in [3.63, 3.8) is 0 Å². The highest BCUT2D eigenvalue weighted by molar-refractivity contribution is 9.10. The Morgan fingerprint density at radius 2 is 2.19 bits per heavy atom. The molecule has 2 aromatic rings. The van der Waals surface area contributed by atoms with Crippen molar-refractivity contribution in [1.29, 1.82) is 5.26 Å². The average molecular weight is 351 g/mol. The molecule has 0 aliphatic rings. The Labute approximate surface area is 129 Å². The topological polar surface area (TPSA) is 57.2 Å².